The van der Waals surface area contributed by atoms with E-state index in [1.54, 1.807) is 13.0 Å². The molecule has 7 nitrogen and oxygen atoms in total. The van der Waals surface area contributed by atoms with Crippen molar-refractivity contribution in [2.45, 2.75) is 20.3 Å². The highest BCUT2D eigenvalue weighted by molar-refractivity contribution is 9.10. The molecular weight excluding hydrogens is 638 g/mol. The Morgan fingerprint density at radius 1 is 0.950 bits per heavy atom. The molecule has 0 unspecified atom stereocenters. The van der Waals surface area contributed by atoms with Crippen LogP contribution in [0, 0.1) is 6.92 Å². The van der Waals surface area contributed by atoms with Gasteiger partial charge in [-0.1, -0.05) is 62.2 Å². The van der Waals surface area contributed by atoms with Crippen LogP contribution in [-0.4, -0.2) is 29.4 Å². The second-order valence-corrected chi connectivity index (χ2v) is 11.1. The zero-order chi connectivity index (χ0) is 28.4. The van der Waals surface area contributed by atoms with Gasteiger partial charge in [0.05, 0.1) is 24.2 Å². The third kappa shape index (κ3) is 5.66. The van der Waals surface area contributed by atoms with Gasteiger partial charge in [0, 0.05) is 42.8 Å². The molecule has 9 heteroatoms. The number of halogens is 2. The van der Waals surface area contributed by atoms with Crippen LogP contribution < -0.4 is 10.6 Å². The summed E-state index contributed by atoms with van der Waals surface area (Å²) in [4.78, 5) is 39.5. The fourth-order valence-electron chi connectivity index (χ4n) is 4.77. The number of carbonyl (C=O) groups is 3. The summed E-state index contributed by atoms with van der Waals surface area (Å²) in [7, 11) is 0. The number of anilines is 2. The van der Waals surface area contributed by atoms with Crippen molar-refractivity contribution in [1.29, 1.82) is 0 Å². The van der Waals surface area contributed by atoms with Gasteiger partial charge in [-0.05, 0) is 67.4 Å². The van der Waals surface area contributed by atoms with Crippen molar-refractivity contribution in [3.05, 3.63) is 104 Å². The average Bonchev–Trinajstić information content (AvgIpc) is 3.56. The number of amides is 2. The van der Waals surface area contributed by atoms with Crippen LogP contribution >= 0.6 is 31.9 Å². The first-order chi connectivity index (χ1) is 19.2. The van der Waals surface area contributed by atoms with E-state index in [9.17, 15) is 14.4 Å². The Balaban J connectivity index is 0.000000244. The summed E-state index contributed by atoms with van der Waals surface area (Å²) in [6.45, 7) is 3.90. The Hall–Kier alpha value is -3.95. The van der Waals surface area contributed by atoms with Gasteiger partial charge in [-0.3, -0.25) is 9.59 Å². The SMILES string of the molecule is CCOC(=O)c1c(C)[nH]c(/C=C2\C(=O)Nc3ccc(Br)cc32)c1-c1ccccc1.O=C1Cc2cc(Br)ccc2N1. The maximum Gasteiger partial charge on any atom is 0.340 e. The van der Waals surface area contributed by atoms with Crippen molar-refractivity contribution in [3.63, 3.8) is 0 Å². The minimum absolute atomic E-state index is 0.0816. The van der Waals surface area contributed by atoms with Crippen molar-refractivity contribution in [3.8, 4) is 11.1 Å². The molecule has 40 heavy (non-hydrogen) atoms. The number of carbonyl (C=O) groups excluding carboxylic acids is 3. The topological polar surface area (TPSA) is 100 Å². The Labute approximate surface area is 248 Å². The molecule has 0 atom stereocenters. The van der Waals surface area contributed by atoms with E-state index >= 15 is 0 Å². The predicted molar refractivity (Wildman–Crippen MR) is 164 cm³/mol. The van der Waals surface area contributed by atoms with E-state index in [1.807, 2.05) is 73.7 Å². The average molecular weight is 663 g/mol. The van der Waals surface area contributed by atoms with Crippen LogP contribution in [0.3, 0.4) is 0 Å². The second kappa shape index (κ2) is 11.7. The summed E-state index contributed by atoms with van der Waals surface area (Å²) in [6.07, 6.45) is 2.31. The summed E-state index contributed by atoms with van der Waals surface area (Å²) in [6, 6.07) is 21.1. The lowest BCUT2D eigenvalue weighted by atomic mass is 9.98. The first kappa shape index (κ1) is 27.6. The number of benzene rings is 3. The van der Waals surface area contributed by atoms with Crippen LogP contribution in [0.15, 0.2) is 75.7 Å². The highest BCUT2D eigenvalue weighted by Gasteiger charge is 2.27. The molecule has 1 aromatic heterocycles. The third-order valence-electron chi connectivity index (χ3n) is 6.50. The Morgan fingerprint density at radius 2 is 1.65 bits per heavy atom. The highest BCUT2D eigenvalue weighted by atomic mass is 79.9. The zero-order valence-corrected chi connectivity index (χ0v) is 24.9. The molecule has 0 saturated heterocycles. The number of ether oxygens (including phenoxy) is 1. The van der Waals surface area contributed by atoms with Gasteiger partial charge in [-0.25, -0.2) is 4.79 Å². The smallest absolute Gasteiger partial charge is 0.340 e. The van der Waals surface area contributed by atoms with Crippen molar-refractivity contribution >= 4 is 72.7 Å². The van der Waals surface area contributed by atoms with Gasteiger partial charge in [0.15, 0.2) is 0 Å². The Morgan fingerprint density at radius 3 is 2.38 bits per heavy atom. The number of rotatable bonds is 4. The lowest BCUT2D eigenvalue weighted by Crippen LogP contribution is -2.06. The van der Waals surface area contributed by atoms with Crippen LogP contribution in [0.2, 0.25) is 0 Å². The number of aryl methyl sites for hydroxylation is 1. The number of aromatic nitrogens is 1. The van der Waals surface area contributed by atoms with Crippen LogP contribution in [0.5, 0.6) is 0 Å². The molecule has 2 aliphatic heterocycles. The van der Waals surface area contributed by atoms with Crippen molar-refractivity contribution in [1.82, 2.24) is 4.98 Å². The predicted octanol–water partition coefficient (Wildman–Crippen LogP) is 7.37. The fourth-order valence-corrected chi connectivity index (χ4v) is 5.54. The van der Waals surface area contributed by atoms with Gasteiger partial charge in [-0.2, -0.15) is 0 Å². The normalized spacial score (nSPS) is 14.2. The molecule has 0 radical (unpaired) electrons. The van der Waals surface area contributed by atoms with E-state index in [1.165, 1.54) is 0 Å². The molecule has 0 aliphatic carbocycles. The first-order valence-corrected chi connectivity index (χ1v) is 14.2. The highest BCUT2D eigenvalue weighted by Crippen LogP contribution is 2.38. The molecule has 4 aromatic rings. The quantitative estimate of drug-likeness (QED) is 0.157. The summed E-state index contributed by atoms with van der Waals surface area (Å²) in [5.41, 5.74) is 7.60. The molecule has 0 bridgehead atoms. The van der Waals surface area contributed by atoms with Gasteiger partial charge >= 0.3 is 5.97 Å². The van der Waals surface area contributed by atoms with Gasteiger partial charge in [0.2, 0.25) is 5.91 Å². The number of H-pyrrole nitrogens is 1. The van der Waals surface area contributed by atoms with Gasteiger partial charge in [0.1, 0.15) is 0 Å². The van der Waals surface area contributed by atoms with Gasteiger partial charge in [0.25, 0.3) is 5.91 Å². The van der Waals surface area contributed by atoms with Crippen LogP contribution in [0.25, 0.3) is 22.8 Å². The number of fused-ring (bicyclic) bond motifs is 2. The molecule has 202 valence electrons. The lowest BCUT2D eigenvalue weighted by Gasteiger charge is -2.07. The van der Waals surface area contributed by atoms with Gasteiger partial charge < -0.3 is 20.4 Å². The van der Waals surface area contributed by atoms with E-state index in [2.05, 4.69) is 47.5 Å². The van der Waals surface area contributed by atoms with E-state index in [4.69, 9.17) is 4.74 Å². The molecule has 3 N–H and O–H groups in total. The van der Waals surface area contributed by atoms with Crippen LogP contribution in [0.1, 0.15) is 39.8 Å². The molecule has 0 spiro atoms. The summed E-state index contributed by atoms with van der Waals surface area (Å²) in [5.74, 6) is -0.482. The van der Waals surface area contributed by atoms with Crippen LogP contribution in [0.4, 0.5) is 11.4 Å². The lowest BCUT2D eigenvalue weighted by molar-refractivity contribution is -0.115. The molecule has 3 heterocycles. The Bertz CT molecular complexity index is 1680. The van der Waals surface area contributed by atoms with E-state index in [0.717, 1.165) is 42.6 Å². The zero-order valence-electron chi connectivity index (χ0n) is 21.7. The maximum atomic E-state index is 12.7. The number of hydrogen-bond donors (Lipinski definition) is 3. The fraction of sp³-hybridized carbons (Fsp3) is 0.129. The number of nitrogens with one attached hydrogen (secondary N) is 3. The first-order valence-electron chi connectivity index (χ1n) is 12.6. The largest absolute Gasteiger partial charge is 0.462 e. The summed E-state index contributed by atoms with van der Waals surface area (Å²) < 4.78 is 7.19. The summed E-state index contributed by atoms with van der Waals surface area (Å²) in [5, 5.41) is 5.65. The summed E-state index contributed by atoms with van der Waals surface area (Å²) >= 11 is 6.81. The standard InChI is InChI=1S/C23H19BrN2O3.C8H6BrNO/c1-3-29-23(28)20-13(2)25-19(21(20)14-7-5-4-6-8-14)12-17-16-11-15(24)9-10-18(16)26-22(17)27;9-6-1-2-7-5(3-6)4-8(11)10-7/h4-12,25H,3H2,1-2H3,(H,26,27);1-3H,4H2,(H,10,11)/b17-12-;. The van der Waals surface area contributed by atoms with E-state index < -0.39 is 0 Å². The minimum Gasteiger partial charge on any atom is -0.462 e. The molecule has 2 aliphatic rings. The number of esters is 1. The van der Waals surface area contributed by atoms with Gasteiger partial charge in [-0.15, -0.1) is 0 Å². The molecular formula is C31H25Br2N3O4. The Kier molecular flexibility index (Phi) is 8.04. The van der Waals surface area contributed by atoms with E-state index in [-0.39, 0.29) is 24.4 Å². The molecule has 3 aromatic carbocycles. The third-order valence-corrected chi connectivity index (χ3v) is 7.49. The number of hydrogen-bond acceptors (Lipinski definition) is 4. The second-order valence-electron chi connectivity index (χ2n) is 9.23. The van der Waals surface area contributed by atoms with Crippen molar-refractivity contribution in [2.75, 3.05) is 17.2 Å². The maximum absolute atomic E-state index is 12.7. The van der Waals surface area contributed by atoms with Crippen molar-refractivity contribution < 1.29 is 19.1 Å². The van der Waals surface area contributed by atoms with E-state index in [0.29, 0.717) is 28.9 Å². The van der Waals surface area contributed by atoms with Crippen LogP contribution in [-0.2, 0) is 20.7 Å². The molecule has 2 amide bonds. The molecule has 0 fully saturated rings. The van der Waals surface area contributed by atoms with Crippen molar-refractivity contribution in [2.24, 2.45) is 0 Å². The molecule has 0 saturated carbocycles. The molecule has 6 rings (SSSR count). The monoisotopic (exact) mass is 661 g/mol. The number of aromatic amines is 1. The minimum atomic E-state index is -0.385.